The van der Waals surface area contributed by atoms with Crippen LogP contribution >= 0.6 is 0 Å². The van der Waals surface area contributed by atoms with Gasteiger partial charge in [0.05, 0.1) is 17.3 Å². The predicted molar refractivity (Wildman–Crippen MR) is 119 cm³/mol. The normalized spacial score (nSPS) is 12.7. The molecular formula is C22H29N5O5. The Hall–Kier alpha value is -3.49. The molecule has 1 aromatic carbocycles. The van der Waals surface area contributed by atoms with E-state index >= 15 is 0 Å². The third kappa shape index (κ3) is 6.50. The number of aromatic amines is 1. The number of rotatable bonds is 11. The molecule has 0 radical (unpaired) electrons. The molecule has 0 fully saturated rings. The van der Waals surface area contributed by atoms with E-state index in [1.165, 1.54) is 0 Å². The Bertz CT molecular complexity index is 1020. The van der Waals surface area contributed by atoms with Crippen LogP contribution in [0, 0.1) is 0 Å². The van der Waals surface area contributed by atoms with Crippen molar-refractivity contribution >= 4 is 40.5 Å². The summed E-state index contributed by atoms with van der Waals surface area (Å²) in [6.07, 6.45) is 0.457. The van der Waals surface area contributed by atoms with Crippen LogP contribution in [0.3, 0.4) is 0 Å². The summed E-state index contributed by atoms with van der Waals surface area (Å²) in [6.45, 7) is 3.32. The molecule has 2 aromatic rings. The first-order valence-corrected chi connectivity index (χ1v) is 10.3. The number of nitrogens with zero attached hydrogens (tertiary/aromatic N) is 3. The molecular weight excluding hydrogens is 414 g/mol. The van der Waals surface area contributed by atoms with Gasteiger partial charge >= 0.3 is 12.2 Å². The predicted octanol–water partition coefficient (Wildman–Crippen LogP) is 1.22. The molecule has 1 aromatic heterocycles. The van der Waals surface area contributed by atoms with Crippen molar-refractivity contribution in [2.24, 2.45) is 0 Å². The summed E-state index contributed by atoms with van der Waals surface area (Å²) >= 11 is 0. The number of amides is 1. The van der Waals surface area contributed by atoms with Crippen LogP contribution in [0.2, 0.25) is 0 Å². The van der Waals surface area contributed by atoms with Crippen LogP contribution in [0.25, 0.3) is 16.4 Å². The molecule has 1 heterocycles. The number of aliphatic hydroxyl groups excluding tert-OH is 1. The van der Waals surface area contributed by atoms with Crippen LogP contribution in [-0.4, -0.2) is 71.1 Å². The van der Waals surface area contributed by atoms with Crippen LogP contribution < -0.4 is 10.2 Å². The maximum Gasteiger partial charge on any atom is 0.328 e. The van der Waals surface area contributed by atoms with Gasteiger partial charge in [0.15, 0.2) is 0 Å². The SMILES string of the molecule is CC(C)OC(=O)[C@H](CCC(=O)C=[N+]=[N-])NC(=O)[C@@H](O)Cc1c[nH]c2c(N(C)C)cccc12. The van der Waals surface area contributed by atoms with Gasteiger partial charge in [-0.25, -0.2) is 4.79 Å². The highest BCUT2D eigenvalue weighted by molar-refractivity contribution is 6.25. The molecule has 10 heteroatoms. The molecule has 0 aliphatic rings. The Morgan fingerprint density at radius 1 is 1.31 bits per heavy atom. The number of aromatic nitrogens is 1. The molecule has 32 heavy (non-hydrogen) atoms. The van der Waals surface area contributed by atoms with Gasteiger partial charge in [0, 0.05) is 38.5 Å². The topological polar surface area (TPSA) is 148 Å². The van der Waals surface area contributed by atoms with Crippen LogP contribution in [0.4, 0.5) is 5.69 Å². The summed E-state index contributed by atoms with van der Waals surface area (Å²) in [4.78, 5) is 44.4. The Kier molecular flexibility index (Phi) is 8.69. The number of H-pyrrole nitrogens is 1. The fourth-order valence-corrected chi connectivity index (χ4v) is 3.29. The van der Waals surface area contributed by atoms with Crippen molar-refractivity contribution in [3.63, 3.8) is 0 Å². The molecule has 0 unspecified atom stereocenters. The van der Waals surface area contributed by atoms with Crippen molar-refractivity contribution in [2.75, 3.05) is 19.0 Å². The van der Waals surface area contributed by atoms with Gasteiger partial charge in [-0.2, -0.15) is 4.79 Å². The highest BCUT2D eigenvalue weighted by atomic mass is 16.5. The lowest BCUT2D eigenvalue weighted by Gasteiger charge is -2.20. The lowest BCUT2D eigenvalue weighted by Crippen LogP contribution is -2.47. The Morgan fingerprint density at radius 3 is 2.66 bits per heavy atom. The Labute approximate surface area is 186 Å². The zero-order chi connectivity index (χ0) is 23.8. The van der Waals surface area contributed by atoms with E-state index < -0.39 is 35.9 Å². The summed E-state index contributed by atoms with van der Waals surface area (Å²) < 4.78 is 5.15. The van der Waals surface area contributed by atoms with E-state index in [-0.39, 0.29) is 19.3 Å². The summed E-state index contributed by atoms with van der Waals surface area (Å²) in [5, 5.41) is 13.8. The van der Waals surface area contributed by atoms with Gasteiger partial charge in [-0.15, -0.1) is 0 Å². The zero-order valence-electron chi connectivity index (χ0n) is 18.7. The highest BCUT2D eigenvalue weighted by Crippen LogP contribution is 2.27. The van der Waals surface area contributed by atoms with E-state index in [0.29, 0.717) is 0 Å². The minimum absolute atomic E-state index is 0.0325. The van der Waals surface area contributed by atoms with Gasteiger partial charge in [-0.3, -0.25) is 9.59 Å². The third-order valence-electron chi connectivity index (χ3n) is 4.81. The van der Waals surface area contributed by atoms with Gasteiger partial charge in [0.2, 0.25) is 11.7 Å². The van der Waals surface area contributed by atoms with Crippen molar-refractivity contribution in [1.29, 1.82) is 0 Å². The number of hydrogen-bond donors (Lipinski definition) is 3. The molecule has 0 aliphatic heterocycles. The summed E-state index contributed by atoms with van der Waals surface area (Å²) in [7, 11) is 3.84. The lowest BCUT2D eigenvalue weighted by molar-refractivity contribution is -0.152. The second-order valence-electron chi connectivity index (χ2n) is 7.92. The minimum atomic E-state index is -1.42. The van der Waals surface area contributed by atoms with Gasteiger partial charge in [0.1, 0.15) is 12.1 Å². The average molecular weight is 444 g/mol. The number of nitrogens with one attached hydrogen (secondary N) is 2. The largest absolute Gasteiger partial charge is 0.461 e. The molecule has 0 aliphatic carbocycles. The van der Waals surface area contributed by atoms with Crippen LogP contribution in [-0.2, 0) is 25.5 Å². The summed E-state index contributed by atoms with van der Waals surface area (Å²) in [5.74, 6) is -1.98. The molecule has 172 valence electrons. The van der Waals surface area contributed by atoms with E-state index in [1.807, 2.05) is 37.2 Å². The molecule has 3 N–H and O–H groups in total. The molecule has 0 bridgehead atoms. The number of ether oxygens (including phenoxy) is 1. The number of ketones is 1. The Morgan fingerprint density at radius 2 is 2.03 bits per heavy atom. The number of fused-ring (bicyclic) bond motifs is 1. The smallest absolute Gasteiger partial charge is 0.328 e. The monoisotopic (exact) mass is 443 g/mol. The van der Waals surface area contributed by atoms with Crippen LogP contribution in [0.5, 0.6) is 0 Å². The van der Waals surface area contributed by atoms with E-state index in [2.05, 4.69) is 15.1 Å². The summed E-state index contributed by atoms with van der Waals surface area (Å²) in [6, 6.07) is 4.63. The molecule has 0 saturated carbocycles. The van der Waals surface area contributed by atoms with E-state index in [4.69, 9.17) is 10.3 Å². The molecule has 0 spiro atoms. The third-order valence-corrected chi connectivity index (χ3v) is 4.81. The average Bonchev–Trinajstić information content (AvgIpc) is 3.13. The van der Waals surface area contributed by atoms with Crippen molar-refractivity contribution in [3.8, 4) is 0 Å². The number of para-hydroxylation sites is 1. The van der Waals surface area contributed by atoms with Gasteiger partial charge in [0.25, 0.3) is 0 Å². The first kappa shape index (κ1) is 24.8. The molecule has 1 amide bonds. The van der Waals surface area contributed by atoms with Crippen LogP contribution in [0.1, 0.15) is 32.3 Å². The van der Waals surface area contributed by atoms with Gasteiger partial charge in [-0.1, -0.05) is 12.1 Å². The van der Waals surface area contributed by atoms with E-state index in [1.54, 1.807) is 20.0 Å². The highest BCUT2D eigenvalue weighted by Gasteiger charge is 2.27. The van der Waals surface area contributed by atoms with Gasteiger partial charge in [-0.05, 0) is 31.9 Å². The number of Topliss-reactive ketones (excluding diaryl/α,β-unsaturated/α-hetero) is 1. The number of aliphatic hydroxyl groups is 1. The van der Waals surface area contributed by atoms with E-state index in [0.717, 1.165) is 28.4 Å². The number of benzene rings is 1. The number of esters is 1. The molecule has 0 saturated heterocycles. The minimum Gasteiger partial charge on any atom is -0.461 e. The quantitative estimate of drug-likeness (QED) is 0.206. The first-order chi connectivity index (χ1) is 15.1. The molecule has 10 nitrogen and oxygen atoms in total. The fraction of sp³-hybridized carbons (Fsp3) is 0.455. The second kappa shape index (κ2) is 11.2. The molecule has 2 atom stereocenters. The van der Waals surface area contributed by atoms with Crippen molar-refractivity contribution < 1.29 is 29.0 Å². The molecule has 2 rings (SSSR count). The maximum absolute atomic E-state index is 12.6. The number of hydrogen-bond acceptors (Lipinski definition) is 6. The van der Waals surface area contributed by atoms with Crippen molar-refractivity contribution in [1.82, 2.24) is 10.3 Å². The number of anilines is 1. The lowest BCUT2D eigenvalue weighted by atomic mass is 10.0. The number of carbonyl (C=O) groups is 3. The van der Waals surface area contributed by atoms with Gasteiger partial charge < -0.3 is 30.6 Å². The standard InChI is InChI=1S/C22H29N5O5/c1-13(2)32-22(31)17(9-8-15(28)12-25-23)26-21(30)19(29)10-14-11-24-20-16(14)6-5-7-18(20)27(3)4/h5-7,11-13,17,19,24,29H,8-10H2,1-4H3,(H,26,30)/t17-,19-/m0/s1. The van der Waals surface area contributed by atoms with Crippen LogP contribution in [0.15, 0.2) is 24.4 Å². The number of carbonyl (C=O) groups excluding carboxylic acids is 3. The summed E-state index contributed by atoms with van der Waals surface area (Å²) in [5.41, 5.74) is 11.1. The Balaban J connectivity index is 2.12. The fourth-order valence-electron chi connectivity index (χ4n) is 3.29. The van der Waals surface area contributed by atoms with Crippen molar-refractivity contribution in [2.45, 2.75) is 51.4 Å². The maximum atomic E-state index is 12.6. The van der Waals surface area contributed by atoms with Crippen molar-refractivity contribution in [3.05, 3.63) is 35.5 Å². The first-order valence-electron chi connectivity index (χ1n) is 10.3. The zero-order valence-corrected chi connectivity index (χ0v) is 18.7. The second-order valence-corrected chi connectivity index (χ2v) is 7.92. The van der Waals surface area contributed by atoms with E-state index in [9.17, 15) is 19.5 Å².